The maximum atomic E-state index is 12.8. The lowest BCUT2D eigenvalue weighted by Crippen LogP contribution is -2.35. The first-order chi connectivity index (χ1) is 15.4. The fourth-order valence-corrected chi connectivity index (χ4v) is 5.05. The predicted octanol–water partition coefficient (Wildman–Crippen LogP) is 2.26. The molecule has 2 aliphatic rings. The molecule has 1 amide bonds. The van der Waals surface area contributed by atoms with Gasteiger partial charge in [-0.15, -0.1) is 0 Å². The number of hydrogen-bond acceptors (Lipinski definition) is 8. The zero-order valence-corrected chi connectivity index (χ0v) is 17.7. The molecular formula is C20H20N4O7S. The SMILES string of the molecule is O=C(NN=Cc1cc2c(cc1[N+](=O)[O-])OCO2)c1cccc(S(=O)(=O)N2CCCCC2)c1. The number of amides is 1. The molecule has 0 bridgehead atoms. The molecule has 0 atom stereocenters. The summed E-state index contributed by atoms with van der Waals surface area (Å²) in [7, 11) is -3.69. The number of carbonyl (C=O) groups is 1. The Hall–Kier alpha value is -3.51. The summed E-state index contributed by atoms with van der Waals surface area (Å²) in [5.41, 5.74) is 2.21. The van der Waals surface area contributed by atoms with Gasteiger partial charge in [0.15, 0.2) is 11.5 Å². The van der Waals surface area contributed by atoms with Gasteiger partial charge in [-0.2, -0.15) is 9.41 Å². The van der Waals surface area contributed by atoms with E-state index in [1.54, 1.807) is 0 Å². The Bertz CT molecular complexity index is 1190. The third-order valence-corrected chi connectivity index (χ3v) is 7.03. The lowest BCUT2D eigenvalue weighted by molar-refractivity contribution is -0.385. The summed E-state index contributed by atoms with van der Waals surface area (Å²) < 4.78 is 37.4. The number of rotatable bonds is 6. The van der Waals surface area contributed by atoms with Crippen molar-refractivity contribution in [2.24, 2.45) is 5.10 Å². The minimum Gasteiger partial charge on any atom is -0.454 e. The van der Waals surface area contributed by atoms with Crippen LogP contribution in [-0.2, 0) is 10.0 Å². The molecule has 12 heteroatoms. The van der Waals surface area contributed by atoms with Crippen molar-refractivity contribution in [2.45, 2.75) is 24.2 Å². The first-order valence-corrected chi connectivity index (χ1v) is 11.3. The minimum absolute atomic E-state index is 0.0300. The summed E-state index contributed by atoms with van der Waals surface area (Å²) >= 11 is 0. The van der Waals surface area contributed by atoms with E-state index >= 15 is 0 Å². The summed E-state index contributed by atoms with van der Waals surface area (Å²) in [6.07, 6.45) is 3.72. The molecule has 0 unspecified atom stereocenters. The summed E-state index contributed by atoms with van der Waals surface area (Å²) in [6.45, 7) is 0.870. The van der Waals surface area contributed by atoms with Crippen molar-refractivity contribution in [1.82, 2.24) is 9.73 Å². The zero-order valence-electron chi connectivity index (χ0n) is 16.9. The normalized spacial score (nSPS) is 16.2. The van der Waals surface area contributed by atoms with Gasteiger partial charge in [-0.05, 0) is 37.1 Å². The van der Waals surface area contributed by atoms with Crippen LogP contribution in [-0.4, -0.2) is 49.7 Å². The average molecular weight is 460 g/mol. The number of piperidine rings is 1. The van der Waals surface area contributed by atoms with Gasteiger partial charge in [-0.25, -0.2) is 13.8 Å². The van der Waals surface area contributed by atoms with Crippen LogP contribution in [0.3, 0.4) is 0 Å². The van der Waals surface area contributed by atoms with Gasteiger partial charge in [0.1, 0.15) is 0 Å². The van der Waals surface area contributed by atoms with Gasteiger partial charge in [-0.3, -0.25) is 14.9 Å². The van der Waals surface area contributed by atoms with Crippen molar-refractivity contribution in [3.63, 3.8) is 0 Å². The van der Waals surface area contributed by atoms with Gasteiger partial charge < -0.3 is 9.47 Å². The topological polar surface area (TPSA) is 140 Å². The minimum atomic E-state index is -3.69. The highest BCUT2D eigenvalue weighted by Gasteiger charge is 2.26. The molecule has 0 saturated carbocycles. The van der Waals surface area contributed by atoms with Crippen molar-refractivity contribution in [3.05, 3.63) is 57.6 Å². The Kier molecular flexibility index (Phi) is 6.06. The van der Waals surface area contributed by atoms with Crippen LogP contribution in [0.25, 0.3) is 0 Å². The van der Waals surface area contributed by atoms with E-state index in [1.165, 1.54) is 40.7 Å². The van der Waals surface area contributed by atoms with Crippen LogP contribution in [0.4, 0.5) is 5.69 Å². The number of hydrazone groups is 1. The van der Waals surface area contributed by atoms with Crippen LogP contribution >= 0.6 is 0 Å². The summed E-state index contributed by atoms with van der Waals surface area (Å²) in [5.74, 6) is -0.0658. The molecule has 1 fully saturated rings. The fourth-order valence-electron chi connectivity index (χ4n) is 3.49. The molecule has 32 heavy (non-hydrogen) atoms. The van der Waals surface area contributed by atoms with Crippen LogP contribution in [0, 0.1) is 10.1 Å². The number of carbonyl (C=O) groups excluding carboxylic acids is 1. The van der Waals surface area contributed by atoms with E-state index in [0.717, 1.165) is 25.5 Å². The average Bonchev–Trinajstić information content (AvgIpc) is 3.26. The second-order valence-electron chi connectivity index (χ2n) is 7.21. The lowest BCUT2D eigenvalue weighted by Gasteiger charge is -2.25. The first-order valence-electron chi connectivity index (χ1n) is 9.88. The van der Waals surface area contributed by atoms with Gasteiger partial charge in [-0.1, -0.05) is 12.5 Å². The predicted molar refractivity (Wildman–Crippen MR) is 113 cm³/mol. The van der Waals surface area contributed by atoms with Gasteiger partial charge in [0.25, 0.3) is 11.6 Å². The first kappa shape index (κ1) is 21.7. The highest BCUT2D eigenvalue weighted by molar-refractivity contribution is 7.89. The fraction of sp³-hybridized carbons (Fsp3) is 0.300. The third-order valence-electron chi connectivity index (χ3n) is 5.14. The molecule has 2 aliphatic heterocycles. The van der Waals surface area contributed by atoms with Crippen LogP contribution < -0.4 is 14.9 Å². The maximum Gasteiger partial charge on any atom is 0.282 e. The highest BCUT2D eigenvalue weighted by Crippen LogP contribution is 2.37. The van der Waals surface area contributed by atoms with Crippen LogP contribution in [0.5, 0.6) is 11.5 Å². The Balaban J connectivity index is 1.50. The van der Waals surface area contributed by atoms with Gasteiger partial charge in [0.2, 0.25) is 16.8 Å². The number of hydrogen-bond donors (Lipinski definition) is 1. The number of ether oxygens (including phenoxy) is 2. The molecule has 0 spiro atoms. The van der Waals surface area contributed by atoms with E-state index in [4.69, 9.17) is 9.47 Å². The molecule has 0 aliphatic carbocycles. The van der Waals surface area contributed by atoms with Crippen LogP contribution in [0.15, 0.2) is 46.4 Å². The van der Waals surface area contributed by atoms with E-state index in [0.29, 0.717) is 18.8 Å². The molecule has 0 radical (unpaired) electrons. The van der Waals surface area contributed by atoms with Crippen molar-refractivity contribution >= 4 is 27.8 Å². The molecule has 0 aromatic heterocycles. The van der Waals surface area contributed by atoms with E-state index in [9.17, 15) is 23.3 Å². The van der Waals surface area contributed by atoms with Crippen molar-refractivity contribution in [1.29, 1.82) is 0 Å². The van der Waals surface area contributed by atoms with Crippen molar-refractivity contribution in [3.8, 4) is 11.5 Å². The number of sulfonamides is 1. The van der Waals surface area contributed by atoms with Gasteiger partial charge in [0.05, 0.1) is 27.7 Å². The van der Waals surface area contributed by atoms with Crippen molar-refractivity contribution < 1.29 is 27.6 Å². The lowest BCUT2D eigenvalue weighted by atomic mass is 10.1. The number of fused-ring (bicyclic) bond motifs is 1. The molecule has 2 aromatic rings. The number of nitrogens with zero attached hydrogens (tertiary/aromatic N) is 3. The van der Waals surface area contributed by atoms with E-state index in [2.05, 4.69) is 10.5 Å². The smallest absolute Gasteiger partial charge is 0.282 e. The van der Waals surface area contributed by atoms with Crippen LogP contribution in [0.2, 0.25) is 0 Å². The molecule has 11 nitrogen and oxygen atoms in total. The van der Waals surface area contributed by atoms with E-state index in [1.807, 2.05) is 0 Å². The number of benzene rings is 2. The molecule has 4 rings (SSSR count). The molecule has 2 aromatic carbocycles. The van der Waals surface area contributed by atoms with E-state index < -0.39 is 20.9 Å². The van der Waals surface area contributed by atoms with Crippen LogP contribution in [0.1, 0.15) is 35.2 Å². The molecule has 1 N–H and O–H groups in total. The Morgan fingerprint density at radius 1 is 1.12 bits per heavy atom. The number of nitro groups is 1. The molecule has 1 saturated heterocycles. The third kappa shape index (κ3) is 4.41. The second-order valence-corrected chi connectivity index (χ2v) is 9.15. The van der Waals surface area contributed by atoms with Gasteiger partial charge >= 0.3 is 0 Å². The number of nitrogens with one attached hydrogen (secondary N) is 1. The summed E-state index contributed by atoms with van der Waals surface area (Å²) in [4.78, 5) is 23.2. The molecule has 2 heterocycles. The standard InChI is InChI=1S/C20H20N4O7S/c25-20(14-5-4-6-16(9-14)32(28,29)23-7-2-1-3-8-23)22-21-12-15-10-18-19(31-13-30-18)11-17(15)24(26)27/h4-6,9-12H,1-3,7-8,13H2,(H,22,25). The Morgan fingerprint density at radius 2 is 1.84 bits per heavy atom. The van der Waals surface area contributed by atoms with Gasteiger partial charge in [0, 0.05) is 18.7 Å². The largest absolute Gasteiger partial charge is 0.454 e. The molecular weight excluding hydrogens is 440 g/mol. The summed E-state index contributed by atoms with van der Waals surface area (Å²) in [5, 5.41) is 15.1. The second kappa shape index (κ2) is 8.93. The van der Waals surface area contributed by atoms with E-state index in [-0.39, 0.29) is 34.3 Å². The Morgan fingerprint density at radius 3 is 2.56 bits per heavy atom. The van der Waals surface area contributed by atoms with Crippen molar-refractivity contribution in [2.75, 3.05) is 19.9 Å². The maximum absolute atomic E-state index is 12.8. The highest BCUT2D eigenvalue weighted by atomic mass is 32.2. The molecule has 168 valence electrons. The zero-order chi connectivity index (χ0) is 22.7. The Labute approximate surface area is 183 Å². The summed E-state index contributed by atoms with van der Waals surface area (Å²) in [6, 6.07) is 8.29. The number of nitro benzene ring substituents is 1. The quantitative estimate of drug-likeness (QED) is 0.396. The monoisotopic (exact) mass is 460 g/mol.